The molecule has 0 radical (unpaired) electrons. The van der Waals surface area contributed by atoms with E-state index in [0.717, 1.165) is 24.8 Å². The molecule has 12 heavy (non-hydrogen) atoms. The molecule has 0 aromatic carbocycles. The van der Waals surface area contributed by atoms with Gasteiger partial charge in [-0.15, -0.1) is 0 Å². The predicted molar refractivity (Wildman–Crippen MR) is 50.6 cm³/mol. The second-order valence-electron chi connectivity index (χ2n) is 2.90. The molecule has 0 fully saturated rings. The fourth-order valence-electron chi connectivity index (χ4n) is 1.18. The molecule has 2 heteroatoms. The summed E-state index contributed by atoms with van der Waals surface area (Å²) in [7, 11) is 0. The molecule has 2 nitrogen and oxygen atoms in total. The van der Waals surface area contributed by atoms with Crippen molar-refractivity contribution in [2.75, 3.05) is 0 Å². The summed E-state index contributed by atoms with van der Waals surface area (Å²) in [6.45, 7) is 2.07. The van der Waals surface area contributed by atoms with E-state index in [0.29, 0.717) is 5.70 Å². The van der Waals surface area contributed by atoms with E-state index in [1.807, 2.05) is 6.08 Å². The number of aliphatic hydroxyl groups is 1. The highest BCUT2D eigenvalue weighted by Crippen LogP contribution is 2.14. The summed E-state index contributed by atoms with van der Waals surface area (Å²) in [5, 5.41) is 9.41. The largest absolute Gasteiger partial charge is 0.506 e. The van der Waals surface area contributed by atoms with Gasteiger partial charge < -0.3 is 10.8 Å². The molecule has 0 saturated carbocycles. The van der Waals surface area contributed by atoms with Crippen LogP contribution in [0.15, 0.2) is 35.3 Å². The summed E-state index contributed by atoms with van der Waals surface area (Å²) >= 11 is 0. The number of allylic oxidation sites excluding steroid dienone is 4. The smallest absolute Gasteiger partial charge is 0.138 e. The van der Waals surface area contributed by atoms with Gasteiger partial charge in [-0.3, -0.25) is 0 Å². The second-order valence-corrected chi connectivity index (χ2v) is 2.90. The van der Waals surface area contributed by atoms with Crippen LogP contribution in [-0.2, 0) is 0 Å². The molecule has 0 saturated heterocycles. The molecule has 0 bridgehead atoms. The van der Waals surface area contributed by atoms with Crippen LogP contribution in [0.2, 0.25) is 0 Å². The van der Waals surface area contributed by atoms with Crippen LogP contribution in [0.5, 0.6) is 0 Å². The minimum atomic E-state index is 0.197. The van der Waals surface area contributed by atoms with Crippen molar-refractivity contribution < 1.29 is 5.11 Å². The Hall–Kier alpha value is -1.18. The summed E-state index contributed by atoms with van der Waals surface area (Å²) in [4.78, 5) is 0. The van der Waals surface area contributed by atoms with E-state index < -0.39 is 0 Å². The number of hydrogen-bond acceptors (Lipinski definition) is 2. The molecule has 1 rings (SSSR count). The Bertz CT molecular complexity index is 249. The minimum Gasteiger partial charge on any atom is -0.506 e. The zero-order valence-electron chi connectivity index (χ0n) is 7.38. The van der Waals surface area contributed by atoms with Crippen LogP contribution in [0, 0.1) is 0 Å². The second kappa shape index (κ2) is 4.00. The van der Waals surface area contributed by atoms with E-state index >= 15 is 0 Å². The first-order valence-corrected chi connectivity index (χ1v) is 4.29. The van der Waals surface area contributed by atoms with Crippen molar-refractivity contribution in [2.45, 2.75) is 26.2 Å². The van der Waals surface area contributed by atoms with Gasteiger partial charge in [-0.25, -0.2) is 0 Å². The molecule has 0 atom stereocenters. The Kier molecular flexibility index (Phi) is 2.97. The van der Waals surface area contributed by atoms with Gasteiger partial charge in [0, 0.05) is 0 Å². The highest BCUT2D eigenvalue weighted by atomic mass is 16.3. The zero-order valence-corrected chi connectivity index (χ0v) is 7.38. The number of rotatable bonds is 1. The van der Waals surface area contributed by atoms with Gasteiger partial charge in [-0.2, -0.15) is 0 Å². The zero-order chi connectivity index (χ0) is 8.97. The maximum absolute atomic E-state index is 9.41. The van der Waals surface area contributed by atoms with Crippen LogP contribution in [-0.4, -0.2) is 5.11 Å². The van der Waals surface area contributed by atoms with Gasteiger partial charge in [0.15, 0.2) is 0 Å². The lowest BCUT2D eigenvalue weighted by atomic mass is 10.1. The van der Waals surface area contributed by atoms with Crippen molar-refractivity contribution in [1.29, 1.82) is 0 Å². The van der Waals surface area contributed by atoms with Crippen LogP contribution in [0.1, 0.15) is 26.2 Å². The average molecular weight is 165 g/mol. The van der Waals surface area contributed by atoms with Crippen LogP contribution >= 0.6 is 0 Å². The van der Waals surface area contributed by atoms with E-state index in [9.17, 15) is 5.11 Å². The fraction of sp³-hybridized carbons (Fsp3) is 0.400. The lowest BCUT2D eigenvalue weighted by Gasteiger charge is -2.05. The highest BCUT2D eigenvalue weighted by molar-refractivity contribution is 5.32. The van der Waals surface area contributed by atoms with Crippen LogP contribution < -0.4 is 5.73 Å². The van der Waals surface area contributed by atoms with Gasteiger partial charge in [0.05, 0.1) is 5.70 Å². The molecule has 1 aliphatic carbocycles. The maximum Gasteiger partial charge on any atom is 0.138 e. The van der Waals surface area contributed by atoms with Gasteiger partial charge in [0.1, 0.15) is 5.76 Å². The van der Waals surface area contributed by atoms with Crippen LogP contribution in [0.3, 0.4) is 0 Å². The van der Waals surface area contributed by atoms with Gasteiger partial charge in [0.2, 0.25) is 0 Å². The first-order chi connectivity index (χ1) is 5.74. The summed E-state index contributed by atoms with van der Waals surface area (Å²) in [6.07, 6.45) is 8.59. The monoisotopic (exact) mass is 165 g/mol. The van der Waals surface area contributed by atoms with Crippen molar-refractivity contribution in [2.24, 2.45) is 5.73 Å². The molecule has 66 valence electrons. The molecule has 0 amide bonds. The molecule has 0 aromatic rings. The normalized spacial score (nSPS) is 31.6. The van der Waals surface area contributed by atoms with E-state index in [1.54, 1.807) is 6.08 Å². The molecule has 1 aliphatic rings. The lowest BCUT2D eigenvalue weighted by molar-refractivity contribution is 0.420. The van der Waals surface area contributed by atoms with Crippen LogP contribution in [0.4, 0.5) is 0 Å². The molecular formula is C10H15NO. The maximum atomic E-state index is 9.41. The SMILES string of the molecule is CCC1=C\CC/C=C(N)/C(O)=C\1. The quantitative estimate of drug-likeness (QED) is 0.626. The van der Waals surface area contributed by atoms with E-state index in [4.69, 9.17) is 5.73 Å². The molecular weight excluding hydrogens is 150 g/mol. The number of aliphatic hydroxyl groups excluding tert-OH is 1. The molecule has 0 aliphatic heterocycles. The van der Waals surface area contributed by atoms with Crippen molar-refractivity contribution >= 4 is 0 Å². The standard InChI is InChI=1S/C10H15NO/c1-2-8-5-3-4-6-9(11)10(12)7-8/h5-7,12H,2-4,11H2,1H3/b8-5+,9-6-,10-7+. The van der Waals surface area contributed by atoms with Crippen LogP contribution in [0.25, 0.3) is 0 Å². The molecule has 0 spiro atoms. The minimum absolute atomic E-state index is 0.197. The molecule has 0 heterocycles. The van der Waals surface area contributed by atoms with Gasteiger partial charge in [0.25, 0.3) is 0 Å². The molecule has 0 aromatic heterocycles. The summed E-state index contributed by atoms with van der Waals surface area (Å²) in [5.74, 6) is 0.197. The van der Waals surface area contributed by atoms with E-state index in [-0.39, 0.29) is 5.76 Å². The fourth-order valence-corrected chi connectivity index (χ4v) is 1.18. The Morgan fingerprint density at radius 1 is 1.42 bits per heavy atom. The van der Waals surface area contributed by atoms with Crippen molar-refractivity contribution in [3.8, 4) is 0 Å². The van der Waals surface area contributed by atoms with E-state index in [2.05, 4.69) is 13.0 Å². The third-order valence-corrected chi connectivity index (χ3v) is 1.96. The van der Waals surface area contributed by atoms with Crippen molar-refractivity contribution in [1.82, 2.24) is 0 Å². The summed E-state index contributed by atoms with van der Waals surface area (Å²) in [6, 6.07) is 0. The van der Waals surface area contributed by atoms with Gasteiger partial charge >= 0.3 is 0 Å². The number of hydrogen-bond donors (Lipinski definition) is 2. The Morgan fingerprint density at radius 3 is 2.75 bits per heavy atom. The summed E-state index contributed by atoms with van der Waals surface area (Å²) < 4.78 is 0. The van der Waals surface area contributed by atoms with Gasteiger partial charge in [-0.1, -0.05) is 19.1 Å². The predicted octanol–water partition coefficient (Wildman–Crippen LogP) is 2.40. The number of nitrogens with two attached hydrogens (primary N) is 1. The third kappa shape index (κ3) is 2.16. The highest BCUT2D eigenvalue weighted by Gasteiger charge is 2.01. The van der Waals surface area contributed by atoms with Gasteiger partial charge in [-0.05, 0) is 30.9 Å². The van der Waals surface area contributed by atoms with Crippen molar-refractivity contribution in [3.05, 3.63) is 35.3 Å². The first-order valence-electron chi connectivity index (χ1n) is 4.29. The third-order valence-electron chi connectivity index (χ3n) is 1.96. The van der Waals surface area contributed by atoms with E-state index in [1.165, 1.54) is 0 Å². The summed E-state index contributed by atoms with van der Waals surface area (Å²) in [5.41, 5.74) is 7.23. The Balaban J connectivity index is 2.89. The molecule has 0 unspecified atom stereocenters. The first kappa shape index (κ1) is 8.91. The Labute approximate surface area is 73.1 Å². The lowest BCUT2D eigenvalue weighted by Crippen LogP contribution is -2.02. The van der Waals surface area contributed by atoms with Crippen molar-refractivity contribution in [3.63, 3.8) is 0 Å². The topological polar surface area (TPSA) is 46.2 Å². The Morgan fingerprint density at radius 2 is 2.08 bits per heavy atom. The average Bonchev–Trinajstić information content (AvgIpc) is 2.06. The molecule has 3 N–H and O–H groups in total.